The number of halogens is 1. The Kier molecular flexibility index (Phi) is 7.15. The van der Waals surface area contributed by atoms with Gasteiger partial charge in [-0.15, -0.1) is 0 Å². The van der Waals surface area contributed by atoms with Crippen LogP contribution in [0, 0.1) is 13.8 Å². The van der Waals surface area contributed by atoms with Crippen molar-refractivity contribution in [2.75, 3.05) is 12.3 Å². The smallest absolute Gasteiger partial charge is 0.253 e. The first-order chi connectivity index (χ1) is 14.3. The van der Waals surface area contributed by atoms with E-state index in [9.17, 15) is 13.2 Å². The molecule has 0 atom stereocenters. The highest BCUT2D eigenvalue weighted by atomic mass is 79.9. The number of sulfone groups is 1. The van der Waals surface area contributed by atoms with Gasteiger partial charge in [0.2, 0.25) is 0 Å². The van der Waals surface area contributed by atoms with Gasteiger partial charge in [0, 0.05) is 28.1 Å². The molecule has 0 unspecified atom stereocenters. The lowest BCUT2D eigenvalue weighted by molar-refractivity contribution is 0.0953. The standard InChI is InChI=1S/C23H25BrN2O3S/c1-17-14-22(18(2)26(17)21-11-6-10-20(24)15-21)23(27)25-12-7-13-30(28,29)16-19-8-4-3-5-9-19/h3-6,8-11,14-15H,7,12-13,16H2,1-2H3,(H,25,27). The Morgan fingerprint density at radius 1 is 1.03 bits per heavy atom. The molecule has 0 aliphatic rings. The number of hydrogen-bond donors (Lipinski definition) is 1. The van der Waals surface area contributed by atoms with E-state index in [1.807, 2.05) is 66.9 Å². The summed E-state index contributed by atoms with van der Waals surface area (Å²) >= 11 is 3.48. The van der Waals surface area contributed by atoms with Gasteiger partial charge in [-0.05, 0) is 50.1 Å². The molecule has 7 heteroatoms. The number of rotatable bonds is 8. The summed E-state index contributed by atoms with van der Waals surface area (Å²) in [5, 5.41) is 2.85. The van der Waals surface area contributed by atoms with Crippen LogP contribution in [0.25, 0.3) is 5.69 Å². The van der Waals surface area contributed by atoms with Crippen molar-refractivity contribution < 1.29 is 13.2 Å². The van der Waals surface area contributed by atoms with E-state index >= 15 is 0 Å². The van der Waals surface area contributed by atoms with Crippen molar-refractivity contribution in [3.8, 4) is 5.69 Å². The third-order valence-corrected chi connectivity index (χ3v) is 7.07. The van der Waals surface area contributed by atoms with Crippen molar-refractivity contribution in [2.24, 2.45) is 0 Å². The molecule has 0 saturated heterocycles. The van der Waals surface area contributed by atoms with E-state index in [0.717, 1.165) is 27.1 Å². The summed E-state index contributed by atoms with van der Waals surface area (Å²) in [4.78, 5) is 12.7. The van der Waals surface area contributed by atoms with Crippen LogP contribution in [0.5, 0.6) is 0 Å². The summed E-state index contributed by atoms with van der Waals surface area (Å²) in [5.74, 6) is -0.126. The van der Waals surface area contributed by atoms with Crippen LogP contribution in [0.15, 0.2) is 65.1 Å². The number of aryl methyl sites for hydroxylation is 1. The molecule has 1 heterocycles. The Morgan fingerprint density at radius 3 is 2.47 bits per heavy atom. The van der Waals surface area contributed by atoms with Gasteiger partial charge in [0.15, 0.2) is 9.84 Å². The average Bonchev–Trinajstić information content (AvgIpc) is 3.00. The Bertz CT molecular complexity index is 1140. The van der Waals surface area contributed by atoms with Crippen molar-refractivity contribution in [1.82, 2.24) is 9.88 Å². The maximum atomic E-state index is 12.7. The zero-order chi connectivity index (χ0) is 21.7. The second-order valence-corrected chi connectivity index (χ2v) is 10.4. The molecular formula is C23H25BrN2O3S. The quantitative estimate of drug-likeness (QED) is 0.471. The molecule has 158 valence electrons. The van der Waals surface area contributed by atoms with E-state index < -0.39 is 9.84 Å². The summed E-state index contributed by atoms with van der Waals surface area (Å²) in [7, 11) is -3.21. The largest absolute Gasteiger partial charge is 0.352 e. The average molecular weight is 489 g/mol. The van der Waals surface area contributed by atoms with Crippen LogP contribution >= 0.6 is 15.9 Å². The fraction of sp³-hybridized carbons (Fsp3) is 0.261. The van der Waals surface area contributed by atoms with E-state index in [1.165, 1.54) is 0 Å². The molecular weight excluding hydrogens is 464 g/mol. The Morgan fingerprint density at radius 2 is 1.77 bits per heavy atom. The van der Waals surface area contributed by atoms with E-state index in [4.69, 9.17) is 0 Å². The highest BCUT2D eigenvalue weighted by Gasteiger charge is 2.17. The van der Waals surface area contributed by atoms with Crippen LogP contribution in [0.4, 0.5) is 0 Å². The second kappa shape index (κ2) is 9.62. The maximum Gasteiger partial charge on any atom is 0.253 e. The summed E-state index contributed by atoms with van der Waals surface area (Å²) in [5.41, 5.74) is 4.16. The topological polar surface area (TPSA) is 68.2 Å². The Labute approximate surface area is 186 Å². The first-order valence-electron chi connectivity index (χ1n) is 9.74. The van der Waals surface area contributed by atoms with Gasteiger partial charge in [-0.3, -0.25) is 4.79 Å². The summed E-state index contributed by atoms with van der Waals surface area (Å²) in [6.07, 6.45) is 0.380. The minimum Gasteiger partial charge on any atom is -0.352 e. The van der Waals surface area contributed by atoms with E-state index in [1.54, 1.807) is 12.1 Å². The number of hydrogen-bond acceptors (Lipinski definition) is 3. The number of carbonyl (C=O) groups is 1. The van der Waals surface area contributed by atoms with Crippen LogP contribution in [-0.4, -0.2) is 31.2 Å². The maximum absolute atomic E-state index is 12.7. The number of nitrogens with one attached hydrogen (secondary N) is 1. The minimum atomic E-state index is -3.21. The molecule has 30 heavy (non-hydrogen) atoms. The van der Waals surface area contributed by atoms with Gasteiger partial charge in [-0.2, -0.15) is 0 Å². The first-order valence-corrected chi connectivity index (χ1v) is 12.4. The van der Waals surface area contributed by atoms with Gasteiger partial charge in [0.1, 0.15) is 0 Å². The molecule has 1 N–H and O–H groups in total. The van der Waals surface area contributed by atoms with Gasteiger partial charge in [0.25, 0.3) is 5.91 Å². The molecule has 3 aromatic rings. The predicted octanol–water partition coefficient (Wildman–Crippen LogP) is 4.59. The molecule has 5 nitrogen and oxygen atoms in total. The van der Waals surface area contributed by atoms with Gasteiger partial charge < -0.3 is 9.88 Å². The van der Waals surface area contributed by atoms with Crippen LogP contribution in [0.1, 0.15) is 33.7 Å². The third kappa shape index (κ3) is 5.61. The van der Waals surface area contributed by atoms with Crippen molar-refractivity contribution in [2.45, 2.75) is 26.0 Å². The molecule has 0 spiro atoms. The van der Waals surface area contributed by atoms with Gasteiger partial charge in [-0.25, -0.2) is 8.42 Å². The molecule has 0 aliphatic heterocycles. The SMILES string of the molecule is Cc1cc(C(=O)NCCCS(=O)(=O)Cc2ccccc2)c(C)n1-c1cccc(Br)c1. The van der Waals surface area contributed by atoms with E-state index in [0.29, 0.717) is 18.5 Å². The molecule has 1 aromatic heterocycles. The lowest BCUT2D eigenvalue weighted by atomic mass is 10.2. The number of nitrogens with zero attached hydrogens (tertiary/aromatic N) is 1. The van der Waals surface area contributed by atoms with E-state index in [2.05, 4.69) is 21.2 Å². The van der Waals surface area contributed by atoms with Gasteiger partial charge in [-0.1, -0.05) is 52.3 Å². The zero-order valence-electron chi connectivity index (χ0n) is 17.1. The van der Waals surface area contributed by atoms with Crippen molar-refractivity contribution in [1.29, 1.82) is 0 Å². The third-order valence-electron chi connectivity index (χ3n) is 4.89. The van der Waals surface area contributed by atoms with Crippen molar-refractivity contribution in [3.63, 3.8) is 0 Å². The van der Waals surface area contributed by atoms with Crippen LogP contribution in [-0.2, 0) is 15.6 Å². The highest BCUT2D eigenvalue weighted by molar-refractivity contribution is 9.10. The summed E-state index contributed by atoms with van der Waals surface area (Å²) < 4.78 is 27.6. The van der Waals surface area contributed by atoms with Crippen LogP contribution in [0.3, 0.4) is 0 Å². The molecule has 0 saturated carbocycles. The highest BCUT2D eigenvalue weighted by Crippen LogP contribution is 2.23. The lowest BCUT2D eigenvalue weighted by Crippen LogP contribution is -2.26. The monoisotopic (exact) mass is 488 g/mol. The number of aromatic nitrogens is 1. The molecule has 0 fully saturated rings. The number of amides is 1. The Hall–Kier alpha value is -2.38. The van der Waals surface area contributed by atoms with Gasteiger partial charge >= 0.3 is 0 Å². The zero-order valence-corrected chi connectivity index (χ0v) is 19.5. The van der Waals surface area contributed by atoms with Crippen LogP contribution < -0.4 is 5.32 Å². The van der Waals surface area contributed by atoms with Crippen molar-refractivity contribution in [3.05, 3.63) is 87.7 Å². The second-order valence-electron chi connectivity index (χ2n) is 7.29. The van der Waals surface area contributed by atoms with Gasteiger partial charge in [0.05, 0.1) is 17.1 Å². The molecule has 0 bridgehead atoms. The minimum absolute atomic E-state index is 0.0234. The predicted molar refractivity (Wildman–Crippen MR) is 124 cm³/mol. The molecule has 0 aliphatic carbocycles. The summed E-state index contributed by atoms with van der Waals surface area (Å²) in [6.45, 7) is 4.18. The number of benzene rings is 2. The molecule has 2 aromatic carbocycles. The molecule has 3 rings (SSSR count). The fourth-order valence-electron chi connectivity index (χ4n) is 3.49. The van der Waals surface area contributed by atoms with Crippen molar-refractivity contribution >= 4 is 31.7 Å². The first kappa shape index (κ1) is 22.3. The number of carbonyl (C=O) groups excluding carboxylic acids is 1. The normalized spacial score (nSPS) is 11.4. The molecule has 0 radical (unpaired) electrons. The Balaban J connectivity index is 1.59. The fourth-order valence-corrected chi connectivity index (χ4v) is 5.31. The van der Waals surface area contributed by atoms with Crippen LogP contribution in [0.2, 0.25) is 0 Å². The lowest BCUT2D eigenvalue weighted by Gasteiger charge is -2.11. The van der Waals surface area contributed by atoms with E-state index in [-0.39, 0.29) is 17.4 Å². The molecule has 1 amide bonds. The summed E-state index contributed by atoms with van der Waals surface area (Å²) in [6, 6.07) is 18.9.